The molecule has 4 N–H and O–H groups in total. The van der Waals surface area contributed by atoms with Gasteiger partial charge in [-0.15, -0.1) is 0 Å². The van der Waals surface area contributed by atoms with Crippen LogP contribution in [0.25, 0.3) is 5.57 Å². The van der Waals surface area contributed by atoms with Gasteiger partial charge in [-0.05, 0) is 63.2 Å². The number of carbonyl (C=O) groups excluding carboxylic acids is 4. The van der Waals surface area contributed by atoms with Crippen LogP contribution >= 0.6 is 0 Å². The van der Waals surface area contributed by atoms with Gasteiger partial charge >= 0.3 is 6.09 Å². The van der Waals surface area contributed by atoms with E-state index in [1.807, 2.05) is 40.7 Å². The van der Waals surface area contributed by atoms with Crippen molar-refractivity contribution in [3.63, 3.8) is 0 Å². The first-order chi connectivity index (χ1) is 20.2. The number of aromatic nitrogens is 1. The summed E-state index contributed by atoms with van der Waals surface area (Å²) in [5.41, 5.74) is 7.33. The van der Waals surface area contributed by atoms with Gasteiger partial charge in [0.15, 0.2) is 5.78 Å². The third kappa shape index (κ3) is 8.04. The third-order valence-corrected chi connectivity index (χ3v) is 8.19. The average molecular weight is 590 g/mol. The fourth-order valence-electron chi connectivity index (χ4n) is 5.83. The van der Waals surface area contributed by atoms with E-state index < -0.39 is 30.0 Å². The first kappa shape index (κ1) is 33.4. The second-order valence-corrected chi connectivity index (χ2v) is 11.9. The van der Waals surface area contributed by atoms with E-state index in [1.54, 1.807) is 50.3 Å². The summed E-state index contributed by atoms with van der Waals surface area (Å²) < 4.78 is 5.43. The van der Waals surface area contributed by atoms with E-state index in [0.717, 1.165) is 5.57 Å². The largest absolute Gasteiger partial charge is 0.441 e. The third-order valence-electron chi connectivity index (χ3n) is 8.19. The van der Waals surface area contributed by atoms with Crippen molar-refractivity contribution in [3.05, 3.63) is 82.4 Å². The number of ether oxygens (including phenoxy) is 1. The van der Waals surface area contributed by atoms with Crippen LogP contribution in [0.4, 0.5) is 4.79 Å². The molecule has 1 aliphatic heterocycles. The highest BCUT2D eigenvalue weighted by Crippen LogP contribution is 2.34. The molecule has 230 valence electrons. The maximum Gasteiger partial charge on any atom is 0.405 e. The number of fused-ring (bicyclic) bond motifs is 2. The van der Waals surface area contributed by atoms with Gasteiger partial charge in [0.2, 0.25) is 5.78 Å². The molecule has 0 aromatic carbocycles. The fourth-order valence-corrected chi connectivity index (χ4v) is 5.83. The number of ketones is 2. The van der Waals surface area contributed by atoms with Crippen molar-refractivity contribution in [2.24, 2.45) is 29.4 Å². The highest BCUT2D eigenvalue weighted by molar-refractivity contribution is 6.39. The number of hydrogen-bond donors (Lipinski definition) is 3. The lowest BCUT2D eigenvalue weighted by molar-refractivity contribution is -0.119. The number of rotatable bonds is 2. The summed E-state index contributed by atoms with van der Waals surface area (Å²) in [5.74, 6) is -2.11. The Hall–Kier alpha value is -4.11. The molecule has 1 aromatic rings. The normalized spacial score (nSPS) is 31.5. The van der Waals surface area contributed by atoms with Gasteiger partial charge < -0.3 is 20.9 Å². The molecule has 0 saturated heterocycles. The standard InChI is InChI=1S/C34H43N3O6/c1-18-15-21(4)29(38)22(5)17-23(6)32(43-34(35)42)19(2)11-10-12-20(3)33(41)37-28-27(26-13-8-9-14-36-26)30(39)24(7)25(16-18)31(28)40/h8-14,17-19,21-22,29,32,38H,15-16H2,1-7H3,(H2,35,42)(H,37,41)/b11-10-,20-12+,23-17+/t18-,19-,21-,22-,29-,32+/m0/s1. The Balaban J connectivity index is 2.13. The topological polar surface area (TPSA) is 149 Å². The molecule has 2 aliphatic rings. The highest BCUT2D eigenvalue weighted by Gasteiger charge is 2.36. The van der Waals surface area contributed by atoms with E-state index in [1.165, 1.54) is 6.20 Å². The molecule has 2 bridgehead atoms. The Bertz CT molecular complexity index is 1420. The van der Waals surface area contributed by atoms with Crippen LogP contribution in [0.5, 0.6) is 0 Å². The van der Waals surface area contributed by atoms with Crippen LogP contribution in [0, 0.1) is 23.7 Å². The van der Waals surface area contributed by atoms with E-state index in [2.05, 4.69) is 10.3 Å². The van der Waals surface area contributed by atoms with Crippen LogP contribution in [0.15, 0.2) is 76.7 Å². The first-order valence-electron chi connectivity index (χ1n) is 14.7. The molecule has 2 amide bonds. The lowest BCUT2D eigenvalue weighted by atomic mass is 9.79. The Morgan fingerprint density at radius 3 is 2.37 bits per heavy atom. The van der Waals surface area contributed by atoms with Crippen LogP contribution in [0.2, 0.25) is 0 Å². The minimum Gasteiger partial charge on any atom is -0.441 e. The van der Waals surface area contributed by atoms with Crippen molar-refractivity contribution in [3.8, 4) is 0 Å². The number of primary amides is 1. The molecule has 6 atom stereocenters. The average Bonchev–Trinajstić information content (AvgIpc) is 2.95. The zero-order chi connectivity index (χ0) is 32.0. The lowest BCUT2D eigenvalue weighted by Gasteiger charge is -2.29. The molecular formula is C34H43N3O6. The Morgan fingerprint density at radius 1 is 1.05 bits per heavy atom. The zero-order valence-electron chi connectivity index (χ0n) is 26.0. The molecule has 43 heavy (non-hydrogen) atoms. The second-order valence-electron chi connectivity index (χ2n) is 11.9. The fraction of sp³-hybridized carbons (Fsp3) is 0.441. The molecule has 0 fully saturated rings. The van der Waals surface area contributed by atoms with Crippen molar-refractivity contribution >= 4 is 29.1 Å². The zero-order valence-corrected chi connectivity index (χ0v) is 26.0. The SMILES string of the molecule is CC1=C2C[C@@H](C)C[C@H](C)[C@H](O)[C@@H](C)/C=C(\C)[C@H](OC(N)=O)[C@@H](C)/C=C\C=C(/C)C(=O)NC(=C(c3ccccn3)C1=O)C2=O. The number of aliphatic hydroxyl groups is 1. The number of nitrogens with two attached hydrogens (primary N) is 1. The van der Waals surface area contributed by atoms with E-state index in [-0.39, 0.29) is 40.7 Å². The van der Waals surface area contributed by atoms with Crippen LogP contribution in [0.1, 0.15) is 67.0 Å². The van der Waals surface area contributed by atoms with Gasteiger partial charge in [0.1, 0.15) is 11.8 Å². The number of nitrogens with zero attached hydrogens (tertiary/aromatic N) is 1. The van der Waals surface area contributed by atoms with Gasteiger partial charge in [-0.1, -0.05) is 58.1 Å². The van der Waals surface area contributed by atoms with Crippen LogP contribution in [-0.2, 0) is 19.1 Å². The van der Waals surface area contributed by atoms with Crippen LogP contribution < -0.4 is 11.1 Å². The summed E-state index contributed by atoms with van der Waals surface area (Å²) in [7, 11) is 0. The summed E-state index contributed by atoms with van der Waals surface area (Å²) >= 11 is 0. The Morgan fingerprint density at radius 2 is 1.74 bits per heavy atom. The molecule has 0 saturated carbocycles. The van der Waals surface area contributed by atoms with Gasteiger partial charge in [0.25, 0.3) is 5.91 Å². The molecule has 2 heterocycles. The van der Waals surface area contributed by atoms with Crippen LogP contribution in [-0.4, -0.2) is 45.9 Å². The monoisotopic (exact) mass is 589 g/mol. The predicted molar refractivity (Wildman–Crippen MR) is 165 cm³/mol. The van der Waals surface area contributed by atoms with Crippen molar-refractivity contribution < 1.29 is 29.0 Å². The van der Waals surface area contributed by atoms with E-state index in [4.69, 9.17) is 10.5 Å². The van der Waals surface area contributed by atoms with Crippen LogP contribution in [0.3, 0.4) is 0 Å². The maximum absolute atomic E-state index is 14.0. The number of amides is 2. The highest BCUT2D eigenvalue weighted by atomic mass is 16.6. The summed E-state index contributed by atoms with van der Waals surface area (Å²) in [6, 6.07) is 5.05. The first-order valence-corrected chi connectivity index (χ1v) is 14.7. The summed E-state index contributed by atoms with van der Waals surface area (Å²) in [5, 5.41) is 13.9. The van der Waals surface area contributed by atoms with Crippen molar-refractivity contribution in [1.29, 1.82) is 0 Å². The second kappa shape index (κ2) is 14.4. The number of nitrogens with one attached hydrogen (secondary N) is 1. The number of hydrogen-bond acceptors (Lipinski definition) is 7. The molecular weight excluding hydrogens is 546 g/mol. The Kier molecular flexibility index (Phi) is 11.2. The van der Waals surface area contributed by atoms with E-state index in [0.29, 0.717) is 35.3 Å². The molecule has 9 heteroatoms. The number of pyridine rings is 1. The molecule has 0 unspecified atom stereocenters. The van der Waals surface area contributed by atoms with Gasteiger partial charge in [-0.3, -0.25) is 19.4 Å². The molecule has 0 radical (unpaired) electrons. The number of aliphatic hydroxyl groups excluding tert-OH is 1. The summed E-state index contributed by atoms with van der Waals surface area (Å²) in [6.07, 6.45) is 7.02. The number of carbonyl (C=O) groups is 4. The van der Waals surface area contributed by atoms with E-state index >= 15 is 0 Å². The van der Waals surface area contributed by atoms with E-state index in [9.17, 15) is 24.3 Å². The molecule has 1 aliphatic carbocycles. The summed E-state index contributed by atoms with van der Waals surface area (Å²) in [6.45, 7) is 12.7. The van der Waals surface area contributed by atoms with Crippen molar-refractivity contribution in [1.82, 2.24) is 10.3 Å². The summed E-state index contributed by atoms with van der Waals surface area (Å²) in [4.78, 5) is 57.0. The van der Waals surface area contributed by atoms with Gasteiger partial charge in [-0.2, -0.15) is 0 Å². The maximum atomic E-state index is 14.0. The number of Topliss-reactive ketones (excluding diaryl/α,β-unsaturated/α-hetero) is 2. The predicted octanol–water partition coefficient (Wildman–Crippen LogP) is 4.99. The molecule has 1 aromatic heterocycles. The minimum atomic E-state index is -0.912. The molecule has 0 spiro atoms. The van der Waals surface area contributed by atoms with Gasteiger partial charge in [0.05, 0.1) is 17.4 Å². The van der Waals surface area contributed by atoms with Crippen molar-refractivity contribution in [2.45, 2.75) is 73.5 Å². The Labute approximate surface area is 253 Å². The quantitative estimate of drug-likeness (QED) is 0.325. The van der Waals surface area contributed by atoms with Crippen molar-refractivity contribution in [2.75, 3.05) is 0 Å². The van der Waals surface area contributed by atoms with Gasteiger partial charge in [-0.25, -0.2) is 4.79 Å². The molecule has 3 rings (SSSR count). The minimum absolute atomic E-state index is 0.0568. The van der Waals surface area contributed by atoms with Gasteiger partial charge in [0, 0.05) is 34.8 Å². The molecule has 9 nitrogen and oxygen atoms in total. The smallest absolute Gasteiger partial charge is 0.405 e. The lowest BCUT2D eigenvalue weighted by Crippen LogP contribution is -2.35. The number of allylic oxidation sites excluding steroid dienone is 5.